The first-order valence-electron chi connectivity index (χ1n) is 9.81. The van der Waals surface area contributed by atoms with E-state index in [9.17, 15) is 13.6 Å². The second-order valence-corrected chi connectivity index (χ2v) is 7.38. The average molecular weight is 400 g/mol. The van der Waals surface area contributed by atoms with Crippen molar-refractivity contribution in [2.24, 2.45) is 0 Å². The number of pyridine rings is 1. The molecule has 1 amide bonds. The van der Waals surface area contributed by atoms with Gasteiger partial charge in [-0.3, -0.25) is 4.79 Å². The lowest BCUT2D eigenvalue weighted by Gasteiger charge is -2.15. The van der Waals surface area contributed by atoms with E-state index in [2.05, 4.69) is 34.5 Å². The summed E-state index contributed by atoms with van der Waals surface area (Å²) in [5, 5.41) is 7.55. The molecule has 0 aliphatic rings. The van der Waals surface area contributed by atoms with Gasteiger partial charge < -0.3 is 5.32 Å². The summed E-state index contributed by atoms with van der Waals surface area (Å²) in [5.74, 6) is -0.249. The number of fused-ring (bicyclic) bond motifs is 1. The van der Waals surface area contributed by atoms with Gasteiger partial charge in [0.05, 0.1) is 17.1 Å². The van der Waals surface area contributed by atoms with Crippen LogP contribution in [0.25, 0.3) is 11.0 Å². The van der Waals surface area contributed by atoms with Gasteiger partial charge in [0.2, 0.25) is 5.91 Å². The predicted octanol–water partition coefficient (Wildman–Crippen LogP) is 4.82. The standard InChI is InChI=1S/C22H26F2N4O/c1-5-6-16-7-9-17(10-8-16)14(3)26-19(29)12-28-22-20(15(4)27-28)18(21(23)24)11-13(2)25-22/h7-11,14,21H,5-6,12H2,1-4H3,(H,26,29). The molecule has 0 bridgehead atoms. The number of aryl methyl sites for hydroxylation is 3. The van der Waals surface area contributed by atoms with Crippen LogP contribution in [-0.2, 0) is 17.8 Å². The Morgan fingerprint density at radius 1 is 1.21 bits per heavy atom. The van der Waals surface area contributed by atoms with E-state index in [0.29, 0.717) is 22.4 Å². The molecule has 1 unspecified atom stereocenters. The van der Waals surface area contributed by atoms with E-state index >= 15 is 0 Å². The number of hydrogen-bond acceptors (Lipinski definition) is 3. The molecule has 0 radical (unpaired) electrons. The number of carbonyl (C=O) groups excluding carboxylic acids is 1. The monoisotopic (exact) mass is 400 g/mol. The van der Waals surface area contributed by atoms with Crippen LogP contribution >= 0.6 is 0 Å². The molecule has 1 N–H and O–H groups in total. The molecule has 0 aliphatic carbocycles. The SMILES string of the molecule is CCCc1ccc(C(C)NC(=O)Cn2nc(C)c3c(C(F)F)cc(C)nc32)cc1. The van der Waals surface area contributed by atoms with Crippen LogP contribution in [0.15, 0.2) is 30.3 Å². The Hall–Kier alpha value is -2.83. The normalized spacial score (nSPS) is 12.5. The molecule has 1 aromatic carbocycles. The molecule has 0 saturated heterocycles. The number of benzene rings is 1. The van der Waals surface area contributed by atoms with Crippen molar-refractivity contribution in [1.29, 1.82) is 0 Å². The lowest BCUT2D eigenvalue weighted by molar-refractivity contribution is -0.122. The molecular weight excluding hydrogens is 374 g/mol. The van der Waals surface area contributed by atoms with Gasteiger partial charge in [0.15, 0.2) is 5.65 Å². The van der Waals surface area contributed by atoms with Gasteiger partial charge in [-0.05, 0) is 44.4 Å². The van der Waals surface area contributed by atoms with Crippen LogP contribution in [0.3, 0.4) is 0 Å². The second-order valence-electron chi connectivity index (χ2n) is 7.38. The van der Waals surface area contributed by atoms with Gasteiger partial charge in [-0.25, -0.2) is 18.4 Å². The number of nitrogens with zero attached hydrogens (tertiary/aromatic N) is 3. The van der Waals surface area contributed by atoms with E-state index in [-0.39, 0.29) is 24.1 Å². The number of hydrogen-bond donors (Lipinski definition) is 1. The van der Waals surface area contributed by atoms with Crippen molar-refractivity contribution in [3.05, 3.63) is 58.4 Å². The number of halogens is 2. The number of carbonyl (C=O) groups is 1. The molecule has 7 heteroatoms. The molecule has 1 atom stereocenters. The van der Waals surface area contributed by atoms with Crippen molar-refractivity contribution in [2.75, 3.05) is 0 Å². The van der Waals surface area contributed by atoms with Gasteiger partial charge in [0.25, 0.3) is 6.43 Å². The van der Waals surface area contributed by atoms with E-state index in [0.717, 1.165) is 18.4 Å². The van der Waals surface area contributed by atoms with Crippen LogP contribution in [0.5, 0.6) is 0 Å². The molecule has 0 fully saturated rings. The van der Waals surface area contributed by atoms with E-state index in [4.69, 9.17) is 0 Å². The van der Waals surface area contributed by atoms with Crippen molar-refractivity contribution < 1.29 is 13.6 Å². The Labute approximate surface area is 169 Å². The van der Waals surface area contributed by atoms with Gasteiger partial charge in [0, 0.05) is 11.3 Å². The Balaban J connectivity index is 1.77. The zero-order valence-corrected chi connectivity index (χ0v) is 17.2. The number of nitrogens with one attached hydrogen (secondary N) is 1. The molecule has 29 heavy (non-hydrogen) atoms. The summed E-state index contributed by atoms with van der Waals surface area (Å²) in [6.07, 6.45) is -0.510. The van der Waals surface area contributed by atoms with Crippen LogP contribution in [0.4, 0.5) is 8.78 Å². The van der Waals surface area contributed by atoms with Crippen molar-refractivity contribution in [2.45, 2.75) is 59.5 Å². The highest BCUT2D eigenvalue weighted by molar-refractivity contribution is 5.84. The third kappa shape index (κ3) is 4.60. The van der Waals surface area contributed by atoms with Crippen LogP contribution in [0.1, 0.15) is 60.8 Å². The van der Waals surface area contributed by atoms with E-state index in [1.165, 1.54) is 16.3 Å². The summed E-state index contributed by atoms with van der Waals surface area (Å²) < 4.78 is 28.2. The summed E-state index contributed by atoms with van der Waals surface area (Å²) in [5.41, 5.74) is 3.39. The minimum atomic E-state index is -2.62. The summed E-state index contributed by atoms with van der Waals surface area (Å²) >= 11 is 0. The minimum absolute atomic E-state index is 0.0816. The fourth-order valence-electron chi connectivity index (χ4n) is 3.57. The first kappa shape index (κ1) is 20.9. The van der Waals surface area contributed by atoms with Crippen molar-refractivity contribution in [3.63, 3.8) is 0 Å². The highest BCUT2D eigenvalue weighted by Gasteiger charge is 2.21. The fraction of sp³-hybridized carbons (Fsp3) is 0.409. The Bertz CT molecular complexity index is 1010. The summed E-state index contributed by atoms with van der Waals surface area (Å²) in [7, 11) is 0. The second kappa shape index (κ2) is 8.68. The quantitative estimate of drug-likeness (QED) is 0.619. The first-order valence-corrected chi connectivity index (χ1v) is 9.81. The van der Waals surface area contributed by atoms with E-state index < -0.39 is 6.43 Å². The third-order valence-corrected chi connectivity index (χ3v) is 4.96. The molecule has 2 aromatic heterocycles. The molecule has 0 spiro atoms. The number of aromatic nitrogens is 3. The lowest BCUT2D eigenvalue weighted by Crippen LogP contribution is -2.30. The van der Waals surface area contributed by atoms with Gasteiger partial charge in [-0.1, -0.05) is 37.6 Å². The summed E-state index contributed by atoms with van der Waals surface area (Å²) in [6.45, 7) is 7.28. The zero-order chi connectivity index (χ0) is 21.1. The number of amides is 1. The smallest absolute Gasteiger partial charge is 0.264 e. The van der Waals surface area contributed by atoms with Crippen LogP contribution in [0.2, 0.25) is 0 Å². The van der Waals surface area contributed by atoms with Gasteiger partial charge >= 0.3 is 0 Å². The Morgan fingerprint density at radius 3 is 2.52 bits per heavy atom. The number of rotatable bonds is 7. The molecule has 3 rings (SSSR count). The molecular formula is C22H26F2N4O. The highest BCUT2D eigenvalue weighted by Crippen LogP contribution is 2.29. The van der Waals surface area contributed by atoms with Crippen LogP contribution in [0, 0.1) is 13.8 Å². The summed E-state index contributed by atoms with van der Waals surface area (Å²) in [4.78, 5) is 16.9. The average Bonchev–Trinajstić information content (AvgIpc) is 2.96. The first-order chi connectivity index (χ1) is 13.8. The molecule has 5 nitrogen and oxygen atoms in total. The van der Waals surface area contributed by atoms with Crippen LogP contribution in [-0.4, -0.2) is 20.7 Å². The fourth-order valence-corrected chi connectivity index (χ4v) is 3.57. The largest absolute Gasteiger partial charge is 0.348 e. The van der Waals surface area contributed by atoms with Gasteiger partial charge in [0.1, 0.15) is 6.54 Å². The molecule has 154 valence electrons. The maximum Gasteiger partial charge on any atom is 0.264 e. The maximum atomic E-state index is 13.4. The molecule has 0 saturated carbocycles. The van der Waals surface area contributed by atoms with Gasteiger partial charge in [-0.15, -0.1) is 0 Å². The minimum Gasteiger partial charge on any atom is -0.348 e. The Kier molecular flexibility index (Phi) is 6.25. The van der Waals surface area contributed by atoms with Crippen molar-refractivity contribution in [1.82, 2.24) is 20.1 Å². The Morgan fingerprint density at radius 2 is 1.90 bits per heavy atom. The topological polar surface area (TPSA) is 59.8 Å². The highest BCUT2D eigenvalue weighted by atomic mass is 19.3. The summed E-state index contributed by atoms with van der Waals surface area (Å²) in [6, 6.07) is 9.38. The van der Waals surface area contributed by atoms with Crippen molar-refractivity contribution >= 4 is 16.9 Å². The lowest BCUT2D eigenvalue weighted by atomic mass is 10.0. The van der Waals surface area contributed by atoms with Gasteiger partial charge in [-0.2, -0.15) is 5.10 Å². The maximum absolute atomic E-state index is 13.4. The van der Waals surface area contributed by atoms with Crippen molar-refractivity contribution in [3.8, 4) is 0 Å². The molecule has 0 aliphatic heterocycles. The van der Waals surface area contributed by atoms with E-state index in [1.54, 1.807) is 13.8 Å². The van der Waals surface area contributed by atoms with Crippen LogP contribution < -0.4 is 5.32 Å². The molecule has 2 heterocycles. The third-order valence-electron chi connectivity index (χ3n) is 4.96. The zero-order valence-electron chi connectivity index (χ0n) is 17.2. The predicted molar refractivity (Wildman–Crippen MR) is 109 cm³/mol. The number of alkyl halides is 2. The van der Waals surface area contributed by atoms with E-state index in [1.807, 2.05) is 19.1 Å². The molecule has 3 aromatic rings.